The molecule has 2 N–H and O–H groups in total. The molecule has 1 fully saturated rings. The molecule has 0 amide bonds. The molecule has 1 aromatic rings. The number of nitrogens with one attached hydrogen (secondary N) is 1. The van der Waals surface area contributed by atoms with Crippen molar-refractivity contribution in [1.29, 1.82) is 0 Å². The van der Waals surface area contributed by atoms with Crippen molar-refractivity contribution in [3.8, 4) is 0 Å². The van der Waals surface area contributed by atoms with Gasteiger partial charge in [0.05, 0.1) is 5.60 Å². The van der Waals surface area contributed by atoms with Crippen molar-refractivity contribution in [3.05, 3.63) is 35.6 Å². The van der Waals surface area contributed by atoms with E-state index < -0.39 is 5.60 Å². The Morgan fingerprint density at radius 3 is 2.78 bits per heavy atom. The average Bonchev–Trinajstić information content (AvgIpc) is 2.77. The van der Waals surface area contributed by atoms with Gasteiger partial charge < -0.3 is 10.4 Å². The lowest BCUT2D eigenvalue weighted by Gasteiger charge is -2.23. The minimum atomic E-state index is -0.535. The summed E-state index contributed by atoms with van der Waals surface area (Å²) in [4.78, 5) is 0. The van der Waals surface area contributed by atoms with Gasteiger partial charge in [0.25, 0.3) is 0 Å². The second kappa shape index (κ2) is 6.04. The molecule has 1 saturated heterocycles. The predicted octanol–water partition coefficient (Wildman–Crippen LogP) is 2.39. The number of benzene rings is 1. The Labute approximate surface area is 112 Å². The second-order valence-corrected chi connectivity index (χ2v) is 6.22. The maximum atomic E-state index is 12.8. The highest BCUT2D eigenvalue weighted by atomic mass is 32.2. The number of aliphatic hydroxyl groups is 1. The van der Waals surface area contributed by atoms with Gasteiger partial charge in [0, 0.05) is 18.8 Å². The van der Waals surface area contributed by atoms with Crippen LogP contribution in [0.1, 0.15) is 24.8 Å². The molecule has 1 aromatic carbocycles. The van der Waals surface area contributed by atoms with E-state index in [2.05, 4.69) is 12.2 Å². The molecule has 2 nitrogen and oxygen atoms in total. The molecule has 2 rings (SSSR count). The molecule has 18 heavy (non-hydrogen) atoms. The van der Waals surface area contributed by atoms with Crippen molar-refractivity contribution in [2.24, 2.45) is 0 Å². The molecule has 0 spiro atoms. The summed E-state index contributed by atoms with van der Waals surface area (Å²) in [5.74, 6) is 2.00. The van der Waals surface area contributed by atoms with Crippen LogP contribution in [-0.4, -0.2) is 35.3 Å². The van der Waals surface area contributed by atoms with Gasteiger partial charge in [0.1, 0.15) is 5.82 Å². The van der Waals surface area contributed by atoms with E-state index in [0.29, 0.717) is 12.5 Å². The van der Waals surface area contributed by atoms with Crippen LogP contribution in [0.15, 0.2) is 24.3 Å². The Balaban J connectivity index is 1.77. The van der Waals surface area contributed by atoms with Crippen molar-refractivity contribution in [3.63, 3.8) is 0 Å². The Hall–Kier alpha value is -0.580. The van der Waals surface area contributed by atoms with Crippen LogP contribution in [0.2, 0.25) is 0 Å². The van der Waals surface area contributed by atoms with E-state index in [9.17, 15) is 9.50 Å². The highest BCUT2D eigenvalue weighted by Crippen LogP contribution is 2.27. The van der Waals surface area contributed by atoms with E-state index >= 15 is 0 Å². The van der Waals surface area contributed by atoms with Crippen LogP contribution in [0.5, 0.6) is 0 Å². The Bertz CT molecular complexity index is 376. The van der Waals surface area contributed by atoms with Gasteiger partial charge in [0.2, 0.25) is 0 Å². The first-order valence-corrected chi connectivity index (χ1v) is 7.51. The zero-order valence-corrected chi connectivity index (χ0v) is 11.5. The SMILES string of the molecule is C[C@H](CNC[C@@]1(O)CCSC1)c1ccc(F)cc1. The van der Waals surface area contributed by atoms with Crippen molar-refractivity contribution >= 4 is 11.8 Å². The first kappa shape index (κ1) is 13.8. The lowest BCUT2D eigenvalue weighted by molar-refractivity contribution is 0.0676. The molecule has 0 bridgehead atoms. The van der Waals surface area contributed by atoms with E-state index in [4.69, 9.17) is 0 Å². The van der Waals surface area contributed by atoms with Gasteiger partial charge in [-0.05, 0) is 35.8 Å². The molecule has 0 unspecified atom stereocenters. The third-order valence-corrected chi connectivity index (χ3v) is 4.66. The molecule has 1 aliphatic rings. The molecule has 2 atom stereocenters. The number of rotatable bonds is 5. The summed E-state index contributed by atoms with van der Waals surface area (Å²) in [7, 11) is 0. The fourth-order valence-electron chi connectivity index (χ4n) is 2.17. The minimum Gasteiger partial charge on any atom is -0.388 e. The summed E-state index contributed by atoms with van der Waals surface area (Å²) < 4.78 is 12.8. The van der Waals surface area contributed by atoms with Crippen LogP contribution in [0.4, 0.5) is 4.39 Å². The standard InChI is InChI=1S/C14H20FNOS/c1-11(12-2-4-13(15)5-3-12)8-16-9-14(17)6-7-18-10-14/h2-5,11,16-17H,6-10H2,1H3/t11-,14+/m1/s1. The highest BCUT2D eigenvalue weighted by molar-refractivity contribution is 7.99. The van der Waals surface area contributed by atoms with Crippen molar-refractivity contribution in [2.75, 3.05) is 24.6 Å². The largest absolute Gasteiger partial charge is 0.388 e. The first-order valence-electron chi connectivity index (χ1n) is 6.35. The fourth-order valence-corrected chi connectivity index (χ4v) is 3.46. The van der Waals surface area contributed by atoms with Gasteiger partial charge in [-0.15, -0.1) is 0 Å². The maximum Gasteiger partial charge on any atom is 0.123 e. The average molecular weight is 269 g/mol. The van der Waals surface area contributed by atoms with Crippen LogP contribution in [-0.2, 0) is 0 Å². The maximum absolute atomic E-state index is 12.8. The summed E-state index contributed by atoms with van der Waals surface area (Å²) in [5.41, 5.74) is 0.587. The van der Waals surface area contributed by atoms with E-state index in [1.807, 2.05) is 12.1 Å². The molecule has 100 valence electrons. The second-order valence-electron chi connectivity index (χ2n) is 5.11. The zero-order valence-electron chi connectivity index (χ0n) is 10.7. The number of thioether (sulfide) groups is 1. The van der Waals surface area contributed by atoms with E-state index in [1.165, 1.54) is 12.1 Å². The Morgan fingerprint density at radius 2 is 2.17 bits per heavy atom. The van der Waals surface area contributed by atoms with Gasteiger partial charge in [-0.25, -0.2) is 4.39 Å². The normalized spacial score (nSPS) is 25.3. The minimum absolute atomic E-state index is 0.198. The Morgan fingerprint density at radius 1 is 1.44 bits per heavy atom. The van der Waals surface area contributed by atoms with Crippen LogP contribution in [0.3, 0.4) is 0 Å². The molecule has 0 radical (unpaired) electrons. The number of halogens is 1. The van der Waals surface area contributed by atoms with Crippen molar-refractivity contribution in [1.82, 2.24) is 5.32 Å². The number of hydrogen-bond acceptors (Lipinski definition) is 3. The summed E-state index contributed by atoms with van der Waals surface area (Å²) >= 11 is 1.81. The topological polar surface area (TPSA) is 32.3 Å². The fraction of sp³-hybridized carbons (Fsp3) is 0.571. The van der Waals surface area contributed by atoms with Crippen LogP contribution >= 0.6 is 11.8 Å². The van der Waals surface area contributed by atoms with Crippen molar-refractivity contribution in [2.45, 2.75) is 24.9 Å². The molecular formula is C14H20FNOS. The predicted molar refractivity (Wildman–Crippen MR) is 74.6 cm³/mol. The summed E-state index contributed by atoms with van der Waals surface area (Å²) in [6.45, 7) is 3.55. The molecule has 0 saturated carbocycles. The quantitative estimate of drug-likeness (QED) is 0.861. The summed E-state index contributed by atoms with van der Waals surface area (Å²) in [5, 5.41) is 13.5. The summed E-state index contributed by atoms with van der Waals surface area (Å²) in [6, 6.07) is 6.63. The third kappa shape index (κ3) is 3.70. The zero-order chi connectivity index (χ0) is 13.0. The number of hydrogen-bond donors (Lipinski definition) is 2. The van der Waals surface area contributed by atoms with Crippen molar-refractivity contribution < 1.29 is 9.50 Å². The molecule has 0 aromatic heterocycles. The van der Waals surface area contributed by atoms with Gasteiger partial charge in [-0.3, -0.25) is 0 Å². The molecule has 4 heteroatoms. The summed E-state index contributed by atoms with van der Waals surface area (Å²) in [6.07, 6.45) is 0.871. The van der Waals surface area contributed by atoms with E-state index in [1.54, 1.807) is 11.8 Å². The third-order valence-electron chi connectivity index (χ3n) is 3.43. The molecule has 0 aliphatic carbocycles. The van der Waals surface area contributed by atoms with E-state index in [0.717, 1.165) is 30.0 Å². The van der Waals surface area contributed by atoms with E-state index in [-0.39, 0.29) is 5.82 Å². The molecule has 1 aliphatic heterocycles. The van der Waals surface area contributed by atoms with Gasteiger partial charge in [0.15, 0.2) is 0 Å². The van der Waals surface area contributed by atoms with Gasteiger partial charge in [-0.2, -0.15) is 11.8 Å². The molecular weight excluding hydrogens is 249 g/mol. The van der Waals surface area contributed by atoms with Crippen LogP contribution in [0.25, 0.3) is 0 Å². The van der Waals surface area contributed by atoms with Crippen LogP contribution in [0, 0.1) is 5.82 Å². The van der Waals surface area contributed by atoms with Gasteiger partial charge in [-0.1, -0.05) is 19.1 Å². The lowest BCUT2D eigenvalue weighted by Crippen LogP contribution is -2.41. The first-order chi connectivity index (χ1) is 8.59. The monoisotopic (exact) mass is 269 g/mol. The smallest absolute Gasteiger partial charge is 0.123 e. The van der Waals surface area contributed by atoms with Crippen LogP contribution < -0.4 is 5.32 Å². The Kier molecular flexibility index (Phi) is 4.65. The molecule has 1 heterocycles. The highest BCUT2D eigenvalue weighted by Gasteiger charge is 2.31. The lowest BCUT2D eigenvalue weighted by atomic mass is 10.00. The van der Waals surface area contributed by atoms with Gasteiger partial charge >= 0.3 is 0 Å².